The fourth-order valence-electron chi connectivity index (χ4n) is 3.16. The van der Waals surface area contributed by atoms with Crippen LogP contribution < -0.4 is 19.7 Å². The van der Waals surface area contributed by atoms with Gasteiger partial charge >= 0.3 is 6.03 Å². The van der Waals surface area contributed by atoms with Crippen LogP contribution in [0.4, 0.5) is 16.3 Å². The van der Waals surface area contributed by atoms with Gasteiger partial charge < -0.3 is 24.6 Å². The van der Waals surface area contributed by atoms with Crippen molar-refractivity contribution in [2.45, 2.75) is 19.9 Å². The highest BCUT2D eigenvalue weighted by atomic mass is 16.5. The number of amides is 2. The van der Waals surface area contributed by atoms with Crippen molar-refractivity contribution in [2.24, 2.45) is 0 Å². The first-order valence-corrected chi connectivity index (χ1v) is 8.74. The average molecular weight is 371 g/mol. The van der Waals surface area contributed by atoms with Crippen LogP contribution in [-0.2, 0) is 13.0 Å². The summed E-state index contributed by atoms with van der Waals surface area (Å²) in [5.41, 5.74) is 2.60. The van der Waals surface area contributed by atoms with Gasteiger partial charge in [0.15, 0.2) is 0 Å². The van der Waals surface area contributed by atoms with Crippen LogP contribution in [0.25, 0.3) is 0 Å². The molecule has 3 rings (SSSR count). The van der Waals surface area contributed by atoms with E-state index in [1.165, 1.54) is 0 Å². The molecule has 1 aliphatic rings. The van der Waals surface area contributed by atoms with E-state index in [0.717, 1.165) is 22.9 Å². The van der Waals surface area contributed by atoms with E-state index >= 15 is 0 Å². The van der Waals surface area contributed by atoms with E-state index < -0.39 is 0 Å². The summed E-state index contributed by atoms with van der Waals surface area (Å²) in [6, 6.07) is 5.10. The molecule has 27 heavy (non-hydrogen) atoms. The molecule has 0 radical (unpaired) electrons. The standard InChI is InChI=1S/C19H25N5O3/c1-12-20-15-8-9-24(11-14(15)18(21-12)23(2)3)19(25)22-16-7-6-13(26-4)10-17(16)27-5/h6-7,10H,8-9,11H2,1-5H3,(H,22,25). The summed E-state index contributed by atoms with van der Waals surface area (Å²) in [7, 11) is 7.04. The van der Waals surface area contributed by atoms with Crippen LogP contribution in [0.1, 0.15) is 17.1 Å². The van der Waals surface area contributed by atoms with Crippen molar-refractivity contribution < 1.29 is 14.3 Å². The number of carbonyl (C=O) groups excluding carboxylic acids is 1. The van der Waals surface area contributed by atoms with Gasteiger partial charge in [0.2, 0.25) is 0 Å². The first-order chi connectivity index (χ1) is 12.9. The zero-order valence-electron chi connectivity index (χ0n) is 16.4. The third-order valence-electron chi connectivity index (χ3n) is 4.51. The van der Waals surface area contributed by atoms with Crippen molar-refractivity contribution in [3.8, 4) is 11.5 Å². The molecule has 0 spiro atoms. The maximum Gasteiger partial charge on any atom is 0.322 e. The van der Waals surface area contributed by atoms with Gasteiger partial charge in [-0.25, -0.2) is 14.8 Å². The number of urea groups is 1. The summed E-state index contributed by atoms with van der Waals surface area (Å²) in [6.45, 7) is 2.95. The Balaban J connectivity index is 1.80. The molecule has 2 amide bonds. The second-order valence-corrected chi connectivity index (χ2v) is 6.58. The first kappa shape index (κ1) is 18.8. The number of nitrogens with zero attached hydrogens (tertiary/aromatic N) is 4. The molecule has 2 aromatic rings. The zero-order chi connectivity index (χ0) is 19.6. The number of hydrogen-bond acceptors (Lipinski definition) is 6. The molecule has 0 aliphatic carbocycles. The van der Waals surface area contributed by atoms with E-state index in [2.05, 4.69) is 15.3 Å². The van der Waals surface area contributed by atoms with Gasteiger partial charge in [-0.05, 0) is 19.1 Å². The molecule has 0 atom stereocenters. The lowest BCUT2D eigenvalue weighted by atomic mass is 10.1. The lowest BCUT2D eigenvalue weighted by molar-refractivity contribution is 0.205. The smallest absolute Gasteiger partial charge is 0.322 e. The fourth-order valence-corrected chi connectivity index (χ4v) is 3.16. The summed E-state index contributed by atoms with van der Waals surface area (Å²) in [5.74, 6) is 2.82. The number of aryl methyl sites for hydroxylation is 1. The minimum Gasteiger partial charge on any atom is -0.497 e. The third-order valence-corrected chi connectivity index (χ3v) is 4.51. The first-order valence-electron chi connectivity index (χ1n) is 8.74. The second kappa shape index (κ2) is 7.69. The largest absolute Gasteiger partial charge is 0.497 e. The molecule has 0 saturated heterocycles. The van der Waals surface area contributed by atoms with Crippen LogP contribution >= 0.6 is 0 Å². The normalized spacial score (nSPS) is 13.0. The van der Waals surface area contributed by atoms with Crippen LogP contribution in [0.3, 0.4) is 0 Å². The molecule has 1 aromatic carbocycles. The minimum atomic E-state index is -0.186. The van der Waals surface area contributed by atoms with Crippen LogP contribution in [0.5, 0.6) is 11.5 Å². The Labute approximate surface area is 159 Å². The highest BCUT2D eigenvalue weighted by molar-refractivity contribution is 5.91. The van der Waals surface area contributed by atoms with Crippen molar-refractivity contribution >= 4 is 17.5 Å². The SMILES string of the molecule is COc1ccc(NC(=O)N2CCc3nc(C)nc(N(C)C)c3C2)c(OC)c1. The molecule has 1 aromatic heterocycles. The Bertz CT molecular complexity index is 853. The molecular weight excluding hydrogens is 346 g/mol. The Morgan fingerprint density at radius 1 is 1.22 bits per heavy atom. The summed E-state index contributed by atoms with van der Waals surface area (Å²) < 4.78 is 10.6. The summed E-state index contributed by atoms with van der Waals surface area (Å²) in [5, 5.41) is 2.93. The maximum atomic E-state index is 12.8. The Morgan fingerprint density at radius 2 is 2.00 bits per heavy atom. The van der Waals surface area contributed by atoms with E-state index in [9.17, 15) is 4.79 Å². The number of hydrogen-bond donors (Lipinski definition) is 1. The topological polar surface area (TPSA) is 79.8 Å². The van der Waals surface area contributed by atoms with Gasteiger partial charge in [-0.1, -0.05) is 0 Å². The number of ether oxygens (including phenoxy) is 2. The molecule has 1 N–H and O–H groups in total. The van der Waals surface area contributed by atoms with E-state index in [4.69, 9.17) is 9.47 Å². The predicted molar refractivity (Wildman–Crippen MR) is 104 cm³/mol. The van der Waals surface area contributed by atoms with Gasteiger partial charge in [0, 0.05) is 38.7 Å². The zero-order valence-corrected chi connectivity index (χ0v) is 16.4. The number of anilines is 2. The lowest BCUT2D eigenvalue weighted by Gasteiger charge is -2.31. The summed E-state index contributed by atoms with van der Waals surface area (Å²) >= 11 is 0. The van der Waals surface area contributed by atoms with Gasteiger partial charge in [-0.3, -0.25) is 0 Å². The average Bonchev–Trinajstić information content (AvgIpc) is 2.67. The Kier molecular flexibility index (Phi) is 5.34. The Morgan fingerprint density at radius 3 is 2.67 bits per heavy atom. The van der Waals surface area contributed by atoms with Gasteiger partial charge in [0.05, 0.1) is 32.1 Å². The molecule has 1 aliphatic heterocycles. The van der Waals surface area contributed by atoms with Crippen molar-refractivity contribution in [3.63, 3.8) is 0 Å². The fraction of sp³-hybridized carbons (Fsp3) is 0.421. The predicted octanol–water partition coefficient (Wildman–Crippen LogP) is 2.46. The van der Waals surface area contributed by atoms with E-state index in [1.54, 1.807) is 37.3 Å². The van der Waals surface area contributed by atoms with Gasteiger partial charge in [-0.15, -0.1) is 0 Å². The number of methoxy groups -OCH3 is 2. The third kappa shape index (κ3) is 3.89. The number of nitrogens with one attached hydrogen (secondary N) is 1. The van der Waals surface area contributed by atoms with Gasteiger partial charge in [0.25, 0.3) is 0 Å². The lowest BCUT2D eigenvalue weighted by Crippen LogP contribution is -2.40. The number of rotatable bonds is 4. The van der Waals surface area contributed by atoms with Crippen LogP contribution in [0, 0.1) is 6.92 Å². The summed E-state index contributed by atoms with van der Waals surface area (Å²) in [6.07, 6.45) is 0.701. The second-order valence-electron chi connectivity index (χ2n) is 6.58. The molecule has 8 heteroatoms. The quantitative estimate of drug-likeness (QED) is 0.889. The monoisotopic (exact) mass is 371 g/mol. The van der Waals surface area contributed by atoms with Crippen LogP contribution in [0.2, 0.25) is 0 Å². The van der Waals surface area contributed by atoms with Crippen LogP contribution in [-0.4, -0.2) is 55.8 Å². The summed E-state index contributed by atoms with van der Waals surface area (Å²) in [4.78, 5) is 25.6. The van der Waals surface area contributed by atoms with Crippen molar-refractivity contribution in [3.05, 3.63) is 35.3 Å². The van der Waals surface area contributed by atoms with Crippen molar-refractivity contribution in [1.82, 2.24) is 14.9 Å². The Hall–Kier alpha value is -3.03. The van der Waals surface area contributed by atoms with E-state index in [-0.39, 0.29) is 6.03 Å². The number of fused-ring (bicyclic) bond motifs is 1. The highest BCUT2D eigenvalue weighted by Gasteiger charge is 2.26. The van der Waals surface area contributed by atoms with Gasteiger partial charge in [0.1, 0.15) is 23.1 Å². The molecular formula is C19H25N5O3. The minimum absolute atomic E-state index is 0.186. The molecule has 144 valence electrons. The highest BCUT2D eigenvalue weighted by Crippen LogP contribution is 2.30. The van der Waals surface area contributed by atoms with E-state index in [0.29, 0.717) is 36.7 Å². The number of benzene rings is 1. The molecule has 0 bridgehead atoms. The molecule has 0 fully saturated rings. The molecule has 2 heterocycles. The molecule has 8 nitrogen and oxygen atoms in total. The number of aromatic nitrogens is 2. The van der Waals surface area contributed by atoms with E-state index in [1.807, 2.05) is 25.9 Å². The van der Waals surface area contributed by atoms with Crippen molar-refractivity contribution in [2.75, 3.05) is 45.1 Å². The molecule has 0 saturated carbocycles. The maximum absolute atomic E-state index is 12.8. The number of carbonyl (C=O) groups is 1. The van der Waals surface area contributed by atoms with Gasteiger partial charge in [-0.2, -0.15) is 0 Å². The van der Waals surface area contributed by atoms with Crippen LogP contribution in [0.15, 0.2) is 18.2 Å². The molecule has 0 unspecified atom stereocenters. The van der Waals surface area contributed by atoms with Crippen molar-refractivity contribution in [1.29, 1.82) is 0 Å².